The number of benzene rings is 2. The summed E-state index contributed by atoms with van der Waals surface area (Å²) in [6, 6.07) is 8.56. The van der Waals surface area contributed by atoms with E-state index in [4.69, 9.17) is 32.7 Å². The third-order valence-corrected chi connectivity index (χ3v) is 4.59. The van der Waals surface area contributed by atoms with Crippen molar-refractivity contribution >= 4 is 39.1 Å². The molecule has 0 bridgehead atoms. The van der Waals surface area contributed by atoms with Crippen molar-refractivity contribution < 1.29 is 14.6 Å². The molecule has 2 rings (SSSR count). The Morgan fingerprint density at radius 1 is 1.05 bits per heavy atom. The van der Waals surface area contributed by atoms with Gasteiger partial charge in [0.25, 0.3) is 0 Å². The van der Waals surface area contributed by atoms with Crippen LogP contribution in [0, 0.1) is 0 Å². The first-order chi connectivity index (χ1) is 9.99. The number of halogens is 3. The Kier molecular flexibility index (Phi) is 5.38. The normalized spacial score (nSPS) is 12.1. The molecule has 0 saturated carbocycles. The first-order valence-electron chi connectivity index (χ1n) is 6.03. The van der Waals surface area contributed by atoms with Gasteiger partial charge < -0.3 is 14.6 Å². The second-order valence-corrected chi connectivity index (χ2v) is 5.91. The molecule has 0 aliphatic carbocycles. The van der Waals surface area contributed by atoms with Crippen LogP contribution >= 0.6 is 39.1 Å². The van der Waals surface area contributed by atoms with Gasteiger partial charge in [-0.3, -0.25) is 0 Å². The van der Waals surface area contributed by atoms with Crippen LogP contribution in [-0.2, 0) is 0 Å². The lowest BCUT2D eigenvalue weighted by molar-refractivity contribution is 0.218. The largest absolute Gasteiger partial charge is 0.493 e. The number of ether oxygens (including phenoxy) is 2. The van der Waals surface area contributed by atoms with Gasteiger partial charge in [0, 0.05) is 15.6 Å². The van der Waals surface area contributed by atoms with Crippen molar-refractivity contribution in [3.05, 3.63) is 56.0 Å². The van der Waals surface area contributed by atoms with Gasteiger partial charge in [0.15, 0.2) is 11.5 Å². The van der Waals surface area contributed by atoms with Crippen LogP contribution in [0.2, 0.25) is 10.0 Å². The minimum atomic E-state index is -0.939. The van der Waals surface area contributed by atoms with Crippen LogP contribution in [0.5, 0.6) is 11.5 Å². The molecular weight excluding hydrogens is 379 g/mol. The van der Waals surface area contributed by atoms with Gasteiger partial charge in [-0.1, -0.05) is 51.3 Å². The molecule has 6 heteroatoms. The van der Waals surface area contributed by atoms with Crippen molar-refractivity contribution in [2.45, 2.75) is 6.10 Å². The maximum absolute atomic E-state index is 10.6. The molecule has 3 nitrogen and oxygen atoms in total. The molecule has 2 aromatic carbocycles. The van der Waals surface area contributed by atoms with Crippen molar-refractivity contribution in [1.29, 1.82) is 0 Å². The highest BCUT2D eigenvalue weighted by atomic mass is 79.9. The summed E-state index contributed by atoms with van der Waals surface area (Å²) in [6.45, 7) is 0. The van der Waals surface area contributed by atoms with E-state index >= 15 is 0 Å². The van der Waals surface area contributed by atoms with Crippen molar-refractivity contribution in [2.24, 2.45) is 0 Å². The summed E-state index contributed by atoms with van der Waals surface area (Å²) in [5, 5.41) is 11.3. The molecule has 21 heavy (non-hydrogen) atoms. The van der Waals surface area contributed by atoms with Gasteiger partial charge in [0.2, 0.25) is 0 Å². The van der Waals surface area contributed by atoms with Crippen LogP contribution in [-0.4, -0.2) is 19.3 Å². The Morgan fingerprint density at radius 3 is 2.29 bits per heavy atom. The highest BCUT2D eigenvalue weighted by Gasteiger charge is 2.20. The highest BCUT2D eigenvalue weighted by molar-refractivity contribution is 9.10. The molecule has 0 fully saturated rings. The minimum absolute atomic E-state index is 0.327. The van der Waals surface area contributed by atoms with Crippen LogP contribution < -0.4 is 9.47 Å². The van der Waals surface area contributed by atoms with Crippen molar-refractivity contribution in [2.75, 3.05) is 14.2 Å². The molecule has 0 saturated heterocycles. The van der Waals surface area contributed by atoms with E-state index in [-0.39, 0.29) is 0 Å². The number of hydrogen-bond acceptors (Lipinski definition) is 3. The summed E-state index contributed by atoms with van der Waals surface area (Å²) in [4.78, 5) is 0. The van der Waals surface area contributed by atoms with Gasteiger partial charge in [0.1, 0.15) is 6.10 Å². The van der Waals surface area contributed by atoms with Gasteiger partial charge in [-0.25, -0.2) is 0 Å². The van der Waals surface area contributed by atoms with Crippen LogP contribution in [0.3, 0.4) is 0 Å². The fourth-order valence-corrected chi connectivity index (χ4v) is 2.93. The third kappa shape index (κ3) is 3.29. The summed E-state index contributed by atoms with van der Waals surface area (Å²) in [5.41, 5.74) is 1.13. The van der Waals surface area contributed by atoms with E-state index in [2.05, 4.69) is 15.9 Å². The average molecular weight is 392 g/mol. The SMILES string of the molecule is COc1cc(Br)c(C(O)c2cccc(Cl)c2Cl)cc1OC. The summed E-state index contributed by atoms with van der Waals surface area (Å²) < 4.78 is 11.2. The Hall–Kier alpha value is -0.940. The second-order valence-electron chi connectivity index (χ2n) is 4.27. The fourth-order valence-electron chi connectivity index (χ4n) is 1.98. The third-order valence-electron chi connectivity index (χ3n) is 3.07. The average Bonchev–Trinajstić information content (AvgIpc) is 2.49. The summed E-state index contributed by atoms with van der Waals surface area (Å²) in [5.74, 6) is 1.09. The lowest BCUT2D eigenvalue weighted by Crippen LogP contribution is -2.03. The van der Waals surface area contributed by atoms with Gasteiger partial charge in [-0.15, -0.1) is 0 Å². The van der Waals surface area contributed by atoms with Gasteiger partial charge in [-0.2, -0.15) is 0 Å². The summed E-state index contributed by atoms with van der Waals surface area (Å²) in [6.07, 6.45) is -0.939. The predicted molar refractivity (Wildman–Crippen MR) is 87.8 cm³/mol. The molecule has 1 atom stereocenters. The monoisotopic (exact) mass is 390 g/mol. The number of methoxy groups -OCH3 is 2. The molecule has 0 heterocycles. The molecule has 0 aliphatic heterocycles. The number of aliphatic hydroxyl groups excluding tert-OH is 1. The Balaban J connectivity index is 2.53. The number of aliphatic hydroxyl groups is 1. The number of rotatable bonds is 4. The molecule has 1 N–H and O–H groups in total. The molecule has 0 aromatic heterocycles. The Morgan fingerprint density at radius 2 is 1.67 bits per heavy atom. The molecule has 0 aliphatic rings. The van der Waals surface area contributed by atoms with E-state index in [1.165, 1.54) is 7.11 Å². The topological polar surface area (TPSA) is 38.7 Å². The molecule has 0 spiro atoms. The van der Waals surface area contributed by atoms with Crippen LogP contribution in [0.15, 0.2) is 34.8 Å². The quantitative estimate of drug-likeness (QED) is 0.809. The molecule has 0 amide bonds. The molecule has 0 radical (unpaired) electrons. The van der Waals surface area contributed by atoms with Crippen molar-refractivity contribution in [3.8, 4) is 11.5 Å². The molecular formula is C15H13BrCl2O3. The van der Waals surface area contributed by atoms with E-state index in [0.717, 1.165) is 0 Å². The number of hydrogen-bond donors (Lipinski definition) is 1. The minimum Gasteiger partial charge on any atom is -0.493 e. The van der Waals surface area contributed by atoms with Crippen molar-refractivity contribution in [3.63, 3.8) is 0 Å². The molecule has 1 unspecified atom stereocenters. The summed E-state index contributed by atoms with van der Waals surface area (Å²) in [7, 11) is 3.09. The standard InChI is InChI=1S/C15H13BrCl2O3/c1-20-12-6-9(10(16)7-13(12)21-2)15(19)8-4-3-5-11(17)14(8)18/h3-7,15,19H,1-2H3. The van der Waals surface area contributed by atoms with E-state index in [9.17, 15) is 5.11 Å². The molecule has 2 aromatic rings. The Labute approximate surface area is 141 Å². The van der Waals surface area contributed by atoms with E-state index < -0.39 is 6.10 Å². The first kappa shape index (κ1) is 16.4. The molecule has 112 valence electrons. The van der Waals surface area contributed by atoms with E-state index in [0.29, 0.717) is 37.1 Å². The Bertz CT molecular complexity index is 662. The lowest BCUT2D eigenvalue weighted by Gasteiger charge is -2.18. The summed E-state index contributed by atoms with van der Waals surface area (Å²) >= 11 is 15.6. The smallest absolute Gasteiger partial charge is 0.161 e. The van der Waals surface area contributed by atoms with E-state index in [1.54, 1.807) is 37.4 Å². The zero-order valence-corrected chi connectivity index (χ0v) is 14.5. The van der Waals surface area contributed by atoms with Crippen LogP contribution in [0.4, 0.5) is 0 Å². The maximum atomic E-state index is 10.6. The zero-order chi connectivity index (χ0) is 15.6. The highest BCUT2D eigenvalue weighted by Crippen LogP contribution is 2.40. The first-order valence-corrected chi connectivity index (χ1v) is 7.57. The lowest BCUT2D eigenvalue weighted by atomic mass is 10.0. The predicted octanol–water partition coefficient (Wildman–Crippen LogP) is 4.85. The zero-order valence-electron chi connectivity index (χ0n) is 11.4. The van der Waals surface area contributed by atoms with Crippen molar-refractivity contribution in [1.82, 2.24) is 0 Å². The van der Waals surface area contributed by atoms with Crippen LogP contribution in [0.25, 0.3) is 0 Å². The fraction of sp³-hybridized carbons (Fsp3) is 0.200. The van der Waals surface area contributed by atoms with Gasteiger partial charge >= 0.3 is 0 Å². The maximum Gasteiger partial charge on any atom is 0.161 e. The second kappa shape index (κ2) is 6.88. The van der Waals surface area contributed by atoms with E-state index in [1.807, 2.05) is 0 Å². The van der Waals surface area contributed by atoms with Crippen LogP contribution in [0.1, 0.15) is 17.2 Å². The van der Waals surface area contributed by atoms with Gasteiger partial charge in [0.05, 0.1) is 24.3 Å². The van der Waals surface area contributed by atoms with Gasteiger partial charge in [-0.05, 0) is 18.2 Å².